The molecule has 2 aromatic rings. The summed E-state index contributed by atoms with van der Waals surface area (Å²) < 4.78 is 5.87. The molecule has 0 aliphatic rings. The number of para-hydroxylation sites is 1. The Bertz CT molecular complexity index is 586. The maximum Gasteiger partial charge on any atom is 0.222 e. The molecule has 0 aliphatic carbocycles. The van der Waals surface area contributed by atoms with E-state index in [0.29, 0.717) is 13.0 Å². The Kier molecular flexibility index (Phi) is 4.83. The summed E-state index contributed by atoms with van der Waals surface area (Å²) in [6, 6.07) is 8.04. The molecule has 108 valence electrons. The summed E-state index contributed by atoms with van der Waals surface area (Å²) in [5.74, 6) is 1.19. The summed E-state index contributed by atoms with van der Waals surface area (Å²) in [5.41, 5.74) is 2.06. The summed E-state index contributed by atoms with van der Waals surface area (Å²) in [4.78, 5) is 13.9. The molecule has 1 aromatic carbocycles. The number of nitrogens with zero attached hydrogens (tertiary/aromatic N) is 1. The van der Waals surface area contributed by atoms with Gasteiger partial charge in [-0.3, -0.25) is 4.79 Å². The van der Waals surface area contributed by atoms with E-state index < -0.39 is 0 Å². The minimum absolute atomic E-state index is 0.208. The van der Waals surface area contributed by atoms with Gasteiger partial charge in [0.2, 0.25) is 5.91 Å². The van der Waals surface area contributed by atoms with Crippen LogP contribution in [0.5, 0.6) is 0 Å². The molecule has 1 aromatic heterocycles. The smallest absolute Gasteiger partial charge is 0.222 e. The van der Waals surface area contributed by atoms with Gasteiger partial charge in [0, 0.05) is 37.4 Å². The first-order chi connectivity index (χ1) is 9.67. The van der Waals surface area contributed by atoms with Gasteiger partial charge in [-0.25, -0.2) is 0 Å². The van der Waals surface area contributed by atoms with Crippen LogP contribution in [-0.2, 0) is 17.8 Å². The molecule has 0 aliphatic heterocycles. The van der Waals surface area contributed by atoms with Crippen LogP contribution in [0.15, 0.2) is 28.7 Å². The fraction of sp³-hybridized carbons (Fsp3) is 0.471. The van der Waals surface area contributed by atoms with E-state index in [1.54, 1.807) is 0 Å². The Hall–Kier alpha value is -1.77. The molecule has 0 spiro atoms. The van der Waals surface area contributed by atoms with Gasteiger partial charge in [0.25, 0.3) is 0 Å². The Morgan fingerprint density at radius 3 is 2.70 bits per heavy atom. The number of fused-ring (bicyclic) bond motifs is 1. The molecule has 0 bridgehead atoms. The fourth-order valence-electron chi connectivity index (χ4n) is 2.45. The second-order valence-electron chi connectivity index (χ2n) is 5.21. The van der Waals surface area contributed by atoms with Crippen molar-refractivity contribution >= 4 is 16.9 Å². The zero-order chi connectivity index (χ0) is 14.5. The molecular weight excluding hydrogens is 250 g/mol. The summed E-state index contributed by atoms with van der Waals surface area (Å²) >= 11 is 0. The lowest BCUT2D eigenvalue weighted by molar-refractivity contribution is -0.130. The van der Waals surface area contributed by atoms with E-state index in [-0.39, 0.29) is 5.91 Å². The average Bonchev–Trinajstić information content (AvgIpc) is 2.82. The van der Waals surface area contributed by atoms with Crippen molar-refractivity contribution in [1.82, 2.24) is 4.90 Å². The second-order valence-corrected chi connectivity index (χ2v) is 5.21. The lowest BCUT2D eigenvalue weighted by atomic mass is 10.1. The van der Waals surface area contributed by atoms with Gasteiger partial charge in [0.15, 0.2) is 0 Å². The number of aryl methyl sites for hydroxylation is 1. The summed E-state index contributed by atoms with van der Waals surface area (Å²) in [7, 11) is 1.87. The van der Waals surface area contributed by atoms with Crippen LogP contribution < -0.4 is 0 Å². The number of furan rings is 1. The van der Waals surface area contributed by atoms with Gasteiger partial charge in [-0.15, -0.1) is 0 Å². The number of benzene rings is 1. The van der Waals surface area contributed by atoms with Gasteiger partial charge in [-0.1, -0.05) is 38.5 Å². The third kappa shape index (κ3) is 3.03. The number of hydrogen-bond donors (Lipinski definition) is 0. The lowest BCUT2D eigenvalue weighted by Crippen LogP contribution is -2.26. The SMILES string of the molecule is CCCCC(=O)N(C)Cc1c(CC)oc2ccccc12. The summed E-state index contributed by atoms with van der Waals surface area (Å²) in [6.07, 6.45) is 3.48. The van der Waals surface area contributed by atoms with Gasteiger partial charge >= 0.3 is 0 Å². The third-order valence-corrected chi connectivity index (χ3v) is 3.67. The molecular formula is C17H23NO2. The van der Waals surface area contributed by atoms with Crippen LogP contribution in [-0.4, -0.2) is 17.9 Å². The predicted octanol–water partition coefficient (Wildman–Crippen LogP) is 4.14. The zero-order valence-electron chi connectivity index (χ0n) is 12.6. The number of rotatable bonds is 6. The number of unbranched alkanes of at least 4 members (excludes halogenated alkanes) is 1. The Morgan fingerprint density at radius 1 is 1.25 bits per heavy atom. The van der Waals surface area contributed by atoms with Crippen molar-refractivity contribution < 1.29 is 9.21 Å². The Balaban J connectivity index is 2.22. The highest BCUT2D eigenvalue weighted by molar-refractivity contribution is 5.83. The van der Waals surface area contributed by atoms with Gasteiger partial charge in [0.05, 0.1) is 0 Å². The highest BCUT2D eigenvalue weighted by atomic mass is 16.3. The monoisotopic (exact) mass is 273 g/mol. The molecule has 0 N–H and O–H groups in total. The Morgan fingerprint density at radius 2 is 2.00 bits per heavy atom. The highest BCUT2D eigenvalue weighted by Crippen LogP contribution is 2.27. The van der Waals surface area contributed by atoms with Crippen LogP contribution in [0.3, 0.4) is 0 Å². The molecule has 0 saturated carbocycles. The average molecular weight is 273 g/mol. The number of hydrogen-bond acceptors (Lipinski definition) is 2. The highest BCUT2D eigenvalue weighted by Gasteiger charge is 2.16. The first-order valence-corrected chi connectivity index (χ1v) is 7.40. The van der Waals surface area contributed by atoms with Crippen LogP contribution in [0.25, 0.3) is 11.0 Å². The topological polar surface area (TPSA) is 33.5 Å². The molecule has 2 rings (SSSR count). The molecule has 0 radical (unpaired) electrons. The number of amides is 1. The lowest BCUT2D eigenvalue weighted by Gasteiger charge is -2.17. The van der Waals surface area contributed by atoms with Crippen LogP contribution in [0.2, 0.25) is 0 Å². The summed E-state index contributed by atoms with van der Waals surface area (Å²) in [5, 5.41) is 1.12. The van der Waals surface area contributed by atoms with Gasteiger partial charge in [-0.05, 0) is 12.5 Å². The van der Waals surface area contributed by atoms with E-state index in [1.165, 1.54) is 0 Å². The van der Waals surface area contributed by atoms with Gasteiger partial charge in [-0.2, -0.15) is 0 Å². The molecule has 3 nitrogen and oxygen atoms in total. The third-order valence-electron chi connectivity index (χ3n) is 3.67. The largest absolute Gasteiger partial charge is 0.461 e. The molecule has 0 unspecified atom stereocenters. The molecule has 1 amide bonds. The minimum Gasteiger partial charge on any atom is -0.461 e. The van der Waals surface area contributed by atoms with E-state index in [2.05, 4.69) is 19.9 Å². The van der Waals surface area contributed by atoms with Crippen molar-refractivity contribution in [1.29, 1.82) is 0 Å². The second kappa shape index (κ2) is 6.60. The molecule has 0 saturated heterocycles. The first kappa shape index (κ1) is 14.6. The molecule has 0 fully saturated rings. The molecule has 3 heteroatoms. The van der Waals surface area contributed by atoms with Crippen molar-refractivity contribution in [3.8, 4) is 0 Å². The van der Waals surface area contributed by atoms with Crippen LogP contribution in [0.4, 0.5) is 0 Å². The molecule has 0 atom stereocenters. The van der Waals surface area contributed by atoms with E-state index >= 15 is 0 Å². The van der Waals surface area contributed by atoms with Crippen molar-refractivity contribution in [2.24, 2.45) is 0 Å². The number of carbonyl (C=O) groups is 1. The van der Waals surface area contributed by atoms with Crippen LogP contribution in [0.1, 0.15) is 44.4 Å². The van der Waals surface area contributed by atoms with Crippen LogP contribution >= 0.6 is 0 Å². The first-order valence-electron chi connectivity index (χ1n) is 7.40. The fourth-order valence-corrected chi connectivity index (χ4v) is 2.45. The zero-order valence-corrected chi connectivity index (χ0v) is 12.6. The maximum atomic E-state index is 12.1. The van der Waals surface area contributed by atoms with Crippen molar-refractivity contribution in [2.45, 2.75) is 46.1 Å². The predicted molar refractivity (Wildman–Crippen MR) is 81.6 cm³/mol. The number of carbonyl (C=O) groups excluding carboxylic acids is 1. The molecule has 20 heavy (non-hydrogen) atoms. The van der Waals surface area contributed by atoms with Gasteiger partial charge < -0.3 is 9.32 Å². The van der Waals surface area contributed by atoms with Crippen molar-refractivity contribution in [2.75, 3.05) is 7.05 Å². The summed E-state index contributed by atoms with van der Waals surface area (Å²) in [6.45, 7) is 4.81. The molecule has 1 heterocycles. The van der Waals surface area contributed by atoms with Crippen molar-refractivity contribution in [3.05, 3.63) is 35.6 Å². The van der Waals surface area contributed by atoms with E-state index in [4.69, 9.17) is 4.42 Å². The van der Waals surface area contributed by atoms with E-state index in [9.17, 15) is 4.79 Å². The quantitative estimate of drug-likeness (QED) is 0.792. The van der Waals surface area contributed by atoms with Crippen LogP contribution in [0, 0.1) is 0 Å². The van der Waals surface area contributed by atoms with Crippen molar-refractivity contribution in [3.63, 3.8) is 0 Å². The van der Waals surface area contributed by atoms with Gasteiger partial charge in [0.1, 0.15) is 11.3 Å². The standard InChI is InChI=1S/C17H23NO2/c1-4-6-11-17(19)18(3)12-14-13-9-7-8-10-16(13)20-15(14)5-2/h7-10H,4-6,11-12H2,1-3H3. The maximum absolute atomic E-state index is 12.1. The Labute approximate surface area is 120 Å². The minimum atomic E-state index is 0.208. The van der Waals surface area contributed by atoms with E-state index in [1.807, 2.05) is 30.1 Å². The normalized spacial score (nSPS) is 10.9. The van der Waals surface area contributed by atoms with E-state index in [0.717, 1.165) is 41.6 Å².